The SMILES string of the molecule is CCN(CC)S(=O)(=O)c1ccc(Br)c(C(=O)Nc2ccc(F)c(F)c2F)c1. The molecule has 27 heavy (non-hydrogen) atoms. The van der Waals surface area contributed by atoms with Crippen LogP contribution >= 0.6 is 15.9 Å². The summed E-state index contributed by atoms with van der Waals surface area (Å²) in [4.78, 5) is 12.3. The largest absolute Gasteiger partial charge is 0.319 e. The highest BCUT2D eigenvalue weighted by molar-refractivity contribution is 9.10. The molecule has 146 valence electrons. The van der Waals surface area contributed by atoms with Crippen LogP contribution in [-0.4, -0.2) is 31.7 Å². The summed E-state index contributed by atoms with van der Waals surface area (Å²) in [5, 5.41) is 2.11. The first-order valence-electron chi connectivity index (χ1n) is 7.88. The number of carbonyl (C=O) groups is 1. The second-order valence-electron chi connectivity index (χ2n) is 5.41. The molecule has 0 aliphatic carbocycles. The van der Waals surface area contributed by atoms with E-state index in [1.807, 2.05) is 0 Å². The number of hydrogen-bond acceptors (Lipinski definition) is 3. The molecule has 5 nitrogen and oxygen atoms in total. The molecule has 0 heterocycles. The minimum Gasteiger partial charge on any atom is -0.319 e. The van der Waals surface area contributed by atoms with Crippen molar-refractivity contribution in [2.75, 3.05) is 18.4 Å². The van der Waals surface area contributed by atoms with Gasteiger partial charge >= 0.3 is 0 Å². The molecular weight excluding hydrogens is 449 g/mol. The number of hydrogen-bond donors (Lipinski definition) is 1. The highest BCUT2D eigenvalue weighted by Gasteiger charge is 2.24. The molecule has 0 aliphatic rings. The van der Waals surface area contributed by atoms with E-state index >= 15 is 0 Å². The van der Waals surface area contributed by atoms with Gasteiger partial charge in [0.25, 0.3) is 5.91 Å². The van der Waals surface area contributed by atoms with E-state index in [-0.39, 0.29) is 28.0 Å². The van der Waals surface area contributed by atoms with Gasteiger partial charge in [0.2, 0.25) is 10.0 Å². The average molecular weight is 465 g/mol. The summed E-state index contributed by atoms with van der Waals surface area (Å²) in [5.41, 5.74) is -0.671. The van der Waals surface area contributed by atoms with Crippen molar-refractivity contribution in [3.05, 3.63) is 57.8 Å². The summed E-state index contributed by atoms with van der Waals surface area (Å²) < 4.78 is 66.8. The molecule has 0 aliphatic heterocycles. The number of amides is 1. The number of halogens is 4. The molecule has 2 aromatic carbocycles. The first-order valence-corrected chi connectivity index (χ1v) is 10.1. The monoisotopic (exact) mass is 464 g/mol. The Hall–Kier alpha value is -1.91. The maximum atomic E-state index is 13.8. The van der Waals surface area contributed by atoms with Crippen LogP contribution < -0.4 is 5.32 Å². The van der Waals surface area contributed by atoms with Crippen LogP contribution in [0.1, 0.15) is 24.2 Å². The molecule has 0 saturated carbocycles. The maximum absolute atomic E-state index is 13.8. The predicted octanol–water partition coefficient (Wildman–Crippen LogP) is 4.15. The Kier molecular flexibility index (Phi) is 6.66. The molecule has 0 spiro atoms. The van der Waals surface area contributed by atoms with Crippen LogP contribution in [0.2, 0.25) is 0 Å². The Morgan fingerprint density at radius 1 is 1.07 bits per heavy atom. The fraction of sp³-hybridized carbons (Fsp3) is 0.235. The minimum atomic E-state index is -3.82. The van der Waals surface area contributed by atoms with Gasteiger partial charge < -0.3 is 5.32 Å². The molecule has 1 N–H and O–H groups in total. The van der Waals surface area contributed by atoms with Gasteiger partial charge in [0.1, 0.15) is 0 Å². The predicted molar refractivity (Wildman–Crippen MR) is 98.5 cm³/mol. The number of sulfonamides is 1. The van der Waals surface area contributed by atoms with E-state index in [0.29, 0.717) is 6.07 Å². The highest BCUT2D eigenvalue weighted by atomic mass is 79.9. The number of nitrogens with zero attached hydrogens (tertiary/aromatic N) is 1. The van der Waals surface area contributed by atoms with Crippen LogP contribution in [0.5, 0.6) is 0 Å². The smallest absolute Gasteiger partial charge is 0.256 e. The van der Waals surface area contributed by atoms with Gasteiger partial charge in [-0.3, -0.25) is 4.79 Å². The lowest BCUT2D eigenvalue weighted by Crippen LogP contribution is -2.30. The van der Waals surface area contributed by atoms with Crippen molar-refractivity contribution in [1.29, 1.82) is 0 Å². The van der Waals surface area contributed by atoms with E-state index in [4.69, 9.17) is 0 Å². The van der Waals surface area contributed by atoms with E-state index in [9.17, 15) is 26.4 Å². The topological polar surface area (TPSA) is 66.5 Å². The maximum Gasteiger partial charge on any atom is 0.256 e. The zero-order valence-corrected chi connectivity index (χ0v) is 16.8. The van der Waals surface area contributed by atoms with Crippen molar-refractivity contribution < 1.29 is 26.4 Å². The van der Waals surface area contributed by atoms with E-state index < -0.39 is 39.1 Å². The Balaban J connectivity index is 2.42. The van der Waals surface area contributed by atoms with Gasteiger partial charge in [-0.05, 0) is 46.3 Å². The minimum absolute atomic E-state index is 0.104. The van der Waals surface area contributed by atoms with Crippen LogP contribution in [-0.2, 0) is 10.0 Å². The molecule has 2 aromatic rings. The first kappa shape index (κ1) is 21.4. The molecular formula is C17H16BrF3N2O3S. The Bertz CT molecular complexity index is 980. The van der Waals surface area contributed by atoms with Gasteiger partial charge in [-0.2, -0.15) is 4.31 Å². The third-order valence-corrected chi connectivity index (χ3v) is 6.55. The zero-order chi connectivity index (χ0) is 20.4. The lowest BCUT2D eigenvalue weighted by atomic mass is 10.2. The van der Waals surface area contributed by atoms with Crippen LogP contribution in [0.3, 0.4) is 0 Å². The van der Waals surface area contributed by atoms with E-state index in [0.717, 1.165) is 12.1 Å². The molecule has 1 amide bonds. The van der Waals surface area contributed by atoms with Gasteiger partial charge in [-0.25, -0.2) is 21.6 Å². The van der Waals surface area contributed by atoms with E-state index in [2.05, 4.69) is 21.2 Å². The summed E-state index contributed by atoms with van der Waals surface area (Å²) >= 11 is 3.13. The summed E-state index contributed by atoms with van der Waals surface area (Å²) in [5.74, 6) is -5.54. The van der Waals surface area contributed by atoms with Crippen LogP contribution in [0.4, 0.5) is 18.9 Å². The number of anilines is 1. The summed E-state index contributed by atoms with van der Waals surface area (Å²) in [6, 6.07) is 5.37. The van der Waals surface area contributed by atoms with Crippen molar-refractivity contribution >= 4 is 37.5 Å². The highest BCUT2D eigenvalue weighted by Crippen LogP contribution is 2.26. The lowest BCUT2D eigenvalue weighted by Gasteiger charge is -2.19. The summed E-state index contributed by atoms with van der Waals surface area (Å²) in [7, 11) is -3.82. The molecule has 0 atom stereocenters. The van der Waals surface area contributed by atoms with E-state index in [1.165, 1.54) is 16.4 Å². The van der Waals surface area contributed by atoms with Crippen LogP contribution in [0, 0.1) is 17.5 Å². The van der Waals surface area contributed by atoms with Gasteiger partial charge in [0.05, 0.1) is 16.1 Å². The fourth-order valence-electron chi connectivity index (χ4n) is 2.36. The number of rotatable bonds is 6. The third-order valence-electron chi connectivity index (χ3n) is 3.81. The second kappa shape index (κ2) is 8.41. The van der Waals surface area contributed by atoms with E-state index in [1.54, 1.807) is 13.8 Å². The number of carbonyl (C=O) groups excluding carboxylic acids is 1. The standard InChI is InChI=1S/C17H16BrF3N2O3S/c1-3-23(4-2)27(25,26)10-5-6-12(18)11(9-10)17(24)22-14-8-7-13(19)15(20)16(14)21/h5-9H,3-4H2,1-2H3,(H,22,24). The molecule has 0 bridgehead atoms. The van der Waals surface area contributed by atoms with Crippen molar-refractivity contribution in [3.8, 4) is 0 Å². The number of nitrogens with one attached hydrogen (secondary N) is 1. The zero-order valence-electron chi connectivity index (χ0n) is 14.4. The Morgan fingerprint density at radius 3 is 2.30 bits per heavy atom. The first-order chi connectivity index (χ1) is 12.6. The van der Waals surface area contributed by atoms with Crippen molar-refractivity contribution in [2.45, 2.75) is 18.7 Å². The van der Waals surface area contributed by atoms with Gasteiger partial charge in [-0.1, -0.05) is 13.8 Å². The molecule has 0 aromatic heterocycles. The van der Waals surface area contributed by atoms with Crippen molar-refractivity contribution in [1.82, 2.24) is 4.31 Å². The molecule has 2 rings (SSSR count). The summed E-state index contributed by atoms with van der Waals surface area (Å²) in [6.45, 7) is 3.85. The molecule has 0 unspecified atom stereocenters. The number of benzene rings is 2. The van der Waals surface area contributed by atoms with Gasteiger partial charge in [-0.15, -0.1) is 0 Å². The second-order valence-corrected chi connectivity index (χ2v) is 8.20. The van der Waals surface area contributed by atoms with Gasteiger partial charge in [0, 0.05) is 17.6 Å². The quantitative estimate of drug-likeness (QED) is 0.653. The van der Waals surface area contributed by atoms with Crippen LogP contribution in [0.25, 0.3) is 0 Å². The average Bonchev–Trinajstić information content (AvgIpc) is 2.63. The van der Waals surface area contributed by atoms with Crippen LogP contribution in [0.15, 0.2) is 39.7 Å². The lowest BCUT2D eigenvalue weighted by molar-refractivity contribution is 0.102. The van der Waals surface area contributed by atoms with Crippen molar-refractivity contribution in [2.24, 2.45) is 0 Å². The fourth-order valence-corrected chi connectivity index (χ4v) is 4.27. The molecule has 10 heteroatoms. The van der Waals surface area contributed by atoms with Crippen molar-refractivity contribution in [3.63, 3.8) is 0 Å². The molecule has 0 radical (unpaired) electrons. The Labute approximate surface area is 163 Å². The summed E-state index contributed by atoms with van der Waals surface area (Å²) in [6.07, 6.45) is 0. The Morgan fingerprint density at radius 2 is 1.70 bits per heavy atom. The third kappa shape index (κ3) is 4.33. The van der Waals surface area contributed by atoms with Gasteiger partial charge in [0.15, 0.2) is 17.5 Å². The molecule has 0 fully saturated rings. The normalized spacial score (nSPS) is 11.7. The molecule has 0 saturated heterocycles.